The summed E-state index contributed by atoms with van der Waals surface area (Å²) >= 11 is 0. The number of allylic oxidation sites excluding steroid dienone is 1. The van der Waals surface area contributed by atoms with Crippen LogP contribution < -0.4 is 5.32 Å². The van der Waals surface area contributed by atoms with Crippen LogP contribution in [0.15, 0.2) is 11.8 Å². The molecule has 2 fully saturated rings. The average Bonchev–Trinajstić information content (AvgIpc) is 2.71. The zero-order chi connectivity index (χ0) is 13.0. The van der Waals surface area contributed by atoms with Gasteiger partial charge < -0.3 is 15.2 Å². The topological polar surface area (TPSA) is 58.6 Å². The van der Waals surface area contributed by atoms with E-state index in [1.165, 1.54) is 0 Å². The Morgan fingerprint density at radius 3 is 3.06 bits per heavy atom. The summed E-state index contributed by atoms with van der Waals surface area (Å²) in [7, 11) is 0. The van der Waals surface area contributed by atoms with Crippen LogP contribution in [0.3, 0.4) is 0 Å². The molecule has 18 heavy (non-hydrogen) atoms. The maximum Gasteiger partial charge on any atom is 0.332 e. The molecule has 1 saturated heterocycles. The van der Waals surface area contributed by atoms with Crippen molar-refractivity contribution in [2.75, 3.05) is 13.2 Å². The molecule has 2 N–H and O–H groups in total. The largest absolute Gasteiger partial charge is 0.463 e. The summed E-state index contributed by atoms with van der Waals surface area (Å²) in [5.41, 5.74) is 0.991. The number of esters is 1. The molecule has 1 aliphatic carbocycles. The lowest BCUT2D eigenvalue weighted by atomic mass is 9.79. The Morgan fingerprint density at radius 1 is 1.56 bits per heavy atom. The summed E-state index contributed by atoms with van der Waals surface area (Å²) in [6, 6.07) is 0. The molecule has 0 bridgehead atoms. The van der Waals surface area contributed by atoms with Crippen LogP contribution in [0.2, 0.25) is 0 Å². The number of carbonyl (C=O) groups is 1. The normalized spacial score (nSPS) is 33.7. The first kappa shape index (κ1) is 13.4. The van der Waals surface area contributed by atoms with Gasteiger partial charge in [0, 0.05) is 29.8 Å². The van der Waals surface area contributed by atoms with Crippen molar-refractivity contribution in [3.05, 3.63) is 11.8 Å². The van der Waals surface area contributed by atoms with E-state index in [4.69, 9.17) is 4.74 Å². The second-order valence-electron chi connectivity index (χ2n) is 5.33. The maximum absolute atomic E-state index is 11.5. The van der Waals surface area contributed by atoms with Crippen LogP contribution in [0, 0.1) is 5.92 Å². The summed E-state index contributed by atoms with van der Waals surface area (Å²) < 4.78 is 4.94. The molecule has 4 nitrogen and oxygen atoms in total. The van der Waals surface area contributed by atoms with E-state index < -0.39 is 0 Å². The fraction of sp³-hybridized carbons (Fsp3) is 0.786. The van der Waals surface area contributed by atoms with Gasteiger partial charge in [-0.2, -0.15) is 0 Å². The molecule has 4 heteroatoms. The zero-order valence-electron chi connectivity index (χ0n) is 11.1. The average molecular weight is 253 g/mol. The Hall–Kier alpha value is -1.03. The number of carbonyl (C=O) groups excluding carboxylic acids is 1. The Morgan fingerprint density at radius 2 is 2.33 bits per heavy atom. The van der Waals surface area contributed by atoms with Crippen LogP contribution in [0.4, 0.5) is 0 Å². The summed E-state index contributed by atoms with van der Waals surface area (Å²) in [5.74, 6) is 0.0546. The smallest absolute Gasteiger partial charge is 0.332 e. The molecule has 1 saturated carbocycles. The van der Waals surface area contributed by atoms with Gasteiger partial charge in [0.2, 0.25) is 0 Å². The van der Waals surface area contributed by atoms with Gasteiger partial charge in [-0.05, 0) is 39.0 Å². The highest BCUT2D eigenvalue weighted by Crippen LogP contribution is 2.42. The Bertz CT molecular complexity index is 340. The van der Waals surface area contributed by atoms with Gasteiger partial charge in [0.15, 0.2) is 0 Å². The molecule has 2 rings (SSSR count). The van der Waals surface area contributed by atoms with Crippen molar-refractivity contribution >= 4 is 5.97 Å². The molecule has 0 aromatic carbocycles. The zero-order valence-corrected chi connectivity index (χ0v) is 11.1. The molecule has 2 aliphatic rings. The number of piperidine rings is 1. The van der Waals surface area contributed by atoms with Gasteiger partial charge in [-0.25, -0.2) is 4.79 Å². The third-order valence-corrected chi connectivity index (χ3v) is 4.23. The van der Waals surface area contributed by atoms with E-state index in [0.29, 0.717) is 12.5 Å². The van der Waals surface area contributed by atoms with Gasteiger partial charge >= 0.3 is 5.97 Å². The van der Waals surface area contributed by atoms with E-state index in [1.807, 2.05) is 6.92 Å². The summed E-state index contributed by atoms with van der Waals surface area (Å²) in [5, 5.41) is 13.0. The first-order valence-electron chi connectivity index (χ1n) is 6.96. The molecule has 0 radical (unpaired) electrons. The van der Waals surface area contributed by atoms with Crippen molar-refractivity contribution in [1.82, 2.24) is 5.32 Å². The minimum atomic E-state index is -0.268. The maximum atomic E-state index is 11.5. The van der Waals surface area contributed by atoms with Crippen LogP contribution in [0.1, 0.15) is 45.4 Å². The van der Waals surface area contributed by atoms with Crippen molar-refractivity contribution in [3.8, 4) is 0 Å². The predicted molar refractivity (Wildman–Crippen MR) is 68.9 cm³/mol. The molecule has 0 aromatic heterocycles. The van der Waals surface area contributed by atoms with Crippen molar-refractivity contribution in [2.24, 2.45) is 5.92 Å². The fourth-order valence-corrected chi connectivity index (χ4v) is 3.38. The highest BCUT2D eigenvalue weighted by molar-refractivity contribution is 5.82. The lowest BCUT2D eigenvalue weighted by Gasteiger charge is -2.41. The number of nitrogens with one attached hydrogen (secondary N) is 1. The molecule has 1 heterocycles. The molecule has 1 aliphatic heterocycles. The van der Waals surface area contributed by atoms with Crippen molar-refractivity contribution in [1.29, 1.82) is 0 Å². The molecule has 0 unspecified atom stereocenters. The van der Waals surface area contributed by atoms with Gasteiger partial charge in [0.05, 0.1) is 6.61 Å². The van der Waals surface area contributed by atoms with E-state index in [9.17, 15) is 9.90 Å². The second-order valence-corrected chi connectivity index (χ2v) is 5.33. The van der Waals surface area contributed by atoms with Crippen LogP contribution in [-0.4, -0.2) is 29.8 Å². The number of hydrogen-bond acceptors (Lipinski definition) is 4. The molecular weight excluding hydrogens is 230 g/mol. The molecule has 2 atom stereocenters. The molecular formula is C14H23NO3. The van der Waals surface area contributed by atoms with E-state index in [0.717, 1.165) is 44.2 Å². The molecule has 102 valence electrons. The van der Waals surface area contributed by atoms with Crippen molar-refractivity contribution < 1.29 is 14.6 Å². The number of rotatable bonds is 3. The minimum Gasteiger partial charge on any atom is -0.463 e. The van der Waals surface area contributed by atoms with Crippen molar-refractivity contribution in [3.63, 3.8) is 0 Å². The highest BCUT2D eigenvalue weighted by Gasteiger charge is 2.43. The summed E-state index contributed by atoms with van der Waals surface area (Å²) in [4.78, 5) is 11.5. The van der Waals surface area contributed by atoms with Crippen LogP contribution in [0.25, 0.3) is 0 Å². The summed E-state index contributed by atoms with van der Waals surface area (Å²) in [6.45, 7) is 2.46. The van der Waals surface area contributed by atoms with Gasteiger partial charge in [0.25, 0.3) is 0 Å². The van der Waals surface area contributed by atoms with E-state index in [1.54, 1.807) is 6.08 Å². The van der Waals surface area contributed by atoms with Crippen LogP contribution in [-0.2, 0) is 9.53 Å². The van der Waals surface area contributed by atoms with Gasteiger partial charge in [0.1, 0.15) is 0 Å². The minimum absolute atomic E-state index is 0.0192. The number of aliphatic hydroxyl groups excluding tert-OH is 1. The molecule has 0 amide bonds. The van der Waals surface area contributed by atoms with Gasteiger partial charge in [-0.15, -0.1) is 0 Å². The third-order valence-electron chi connectivity index (χ3n) is 4.23. The first-order chi connectivity index (χ1) is 8.70. The number of hydrogen-bond donors (Lipinski definition) is 2. The standard InChI is InChI=1S/C14H23NO3/c1-2-18-13(17)9-12-6-4-8-14(15-12)7-3-5-11(14)10-16/h9,11,15-16H,2-8,10H2,1H3/b12-9-/t11-,14+/m1/s1. The SMILES string of the molecule is CCOC(=O)/C=C1/CCC[C@]2(CCC[C@@H]2CO)N1. The predicted octanol–water partition coefficient (Wildman–Crippen LogP) is 1.74. The Balaban J connectivity index is 2.06. The van der Waals surface area contributed by atoms with E-state index in [-0.39, 0.29) is 18.1 Å². The number of ether oxygens (including phenoxy) is 1. The van der Waals surface area contributed by atoms with Crippen molar-refractivity contribution in [2.45, 2.75) is 51.0 Å². The molecule has 1 spiro atoms. The second kappa shape index (κ2) is 5.74. The van der Waals surface area contributed by atoms with Crippen LogP contribution in [0.5, 0.6) is 0 Å². The van der Waals surface area contributed by atoms with Gasteiger partial charge in [-0.1, -0.05) is 6.42 Å². The van der Waals surface area contributed by atoms with Crippen LogP contribution >= 0.6 is 0 Å². The molecule has 0 aromatic rings. The first-order valence-corrected chi connectivity index (χ1v) is 6.96. The quantitative estimate of drug-likeness (QED) is 0.594. The lowest BCUT2D eigenvalue weighted by molar-refractivity contribution is -0.137. The Labute approximate surface area is 108 Å². The number of aliphatic hydroxyl groups is 1. The monoisotopic (exact) mass is 253 g/mol. The van der Waals surface area contributed by atoms with E-state index >= 15 is 0 Å². The third kappa shape index (κ3) is 2.69. The fourth-order valence-electron chi connectivity index (χ4n) is 3.38. The van der Waals surface area contributed by atoms with E-state index in [2.05, 4.69) is 5.32 Å². The summed E-state index contributed by atoms with van der Waals surface area (Å²) in [6.07, 6.45) is 7.99. The lowest BCUT2D eigenvalue weighted by Crippen LogP contribution is -2.51. The van der Waals surface area contributed by atoms with Gasteiger partial charge in [-0.3, -0.25) is 0 Å². The highest BCUT2D eigenvalue weighted by atomic mass is 16.5. The Kier molecular flexibility index (Phi) is 4.27.